The molecule has 0 saturated carbocycles. The average Bonchev–Trinajstić information content (AvgIpc) is 2.31. The molecule has 0 heterocycles. The first-order chi connectivity index (χ1) is 8.72. The van der Waals surface area contributed by atoms with Gasteiger partial charge in [0, 0.05) is 6.54 Å². The molecule has 1 rings (SSSR count). The Labute approximate surface area is 107 Å². The minimum atomic E-state index is -4.44. The molecule has 0 bridgehead atoms. The van der Waals surface area contributed by atoms with Crippen LogP contribution < -0.4 is 4.72 Å². The number of carboxylic acid groups (broad SMARTS) is 1. The highest BCUT2D eigenvalue weighted by Crippen LogP contribution is 2.23. The first-order valence-electron chi connectivity index (χ1n) is 5.12. The summed E-state index contributed by atoms with van der Waals surface area (Å²) < 4.78 is 65.1. The van der Waals surface area contributed by atoms with Gasteiger partial charge in [0.25, 0.3) is 0 Å². The summed E-state index contributed by atoms with van der Waals surface area (Å²) in [6, 6.07) is 0.106. The van der Waals surface area contributed by atoms with Gasteiger partial charge < -0.3 is 5.11 Å². The Morgan fingerprint density at radius 2 is 1.89 bits per heavy atom. The second-order valence-corrected chi connectivity index (χ2v) is 5.30. The molecular formula is C10H10F3NO4S. The summed E-state index contributed by atoms with van der Waals surface area (Å²) in [7, 11) is -4.44. The van der Waals surface area contributed by atoms with Crippen LogP contribution in [0.3, 0.4) is 0 Å². The van der Waals surface area contributed by atoms with Crippen molar-refractivity contribution in [3.63, 3.8) is 0 Å². The number of hydrogen-bond acceptors (Lipinski definition) is 3. The fraction of sp³-hybridized carbons (Fsp3) is 0.300. The quantitative estimate of drug-likeness (QED) is 0.807. The third kappa shape index (κ3) is 3.04. The predicted octanol–water partition coefficient (Wildman–Crippen LogP) is 1.49. The van der Waals surface area contributed by atoms with Crippen LogP contribution in [0.1, 0.15) is 23.7 Å². The Kier molecular flexibility index (Phi) is 4.53. The monoisotopic (exact) mass is 297 g/mol. The van der Waals surface area contributed by atoms with Crippen LogP contribution >= 0.6 is 0 Å². The number of sulfonamides is 1. The van der Waals surface area contributed by atoms with Crippen molar-refractivity contribution in [2.24, 2.45) is 0 Å². The van der Waals surface area contributed by atoms with Gasteiger partial charge in [0.05, 0.1) is 0 Å². The largest absolute Gasteiger partial charge is 0.477 e. The second-order valence-electron chi connectivity index (χ2n) is 3.56. The van der Waals surface area contributed by atoms with Crippen molar-refractivity contribution in [3.8, 4) is 0 Å². The fourth-order valence-electron chi connectivity index (χ4n) is 1.28. The minimum absolute atomic E-state index is 0.0524. The van der Waals surface area contributed by atoms with Crippen LogP contribution in [0.15, 0.2) is 11.0 Å². The first-order valence-corrected chi connectivity index (χ1v) is 6.61. The zero-order valence-electron chi connectivity index (χ0n) is 9.71. The van der Waals surface area contributed by atoms with Gasteiger partial charge in [-0.25, -0.2) is 31.1 Å². The maximum Gasteiger partial charge on any atom is 0.341 e. The summed E-state index contributed by atoms with van der Waals surface area (Å²) in [4.78, 5) is 9.39. The Balaban J connectivity index is 3.51. The van der Waals surface area contributed by atoms with E-state index in [9.17, 15) is 26.4 Å². The molecule has 0 unspecified atom stereocenters. The maximum absolute atomic E-state index is 13.7. The van der Waals surface area contributed by atoms with Crippen LogP contribution in [0.25, 0.3) is 0 Å². The third-order valence-corrected chi connectivity index (χ3v) is 3.63. The zero-order chi connectivity index (χ0) is 14.8. The van der Waals surface area contributed by atoms with Crippen LogP contribution in [0.2, 0.25) is 0 Å². The molecule has 5 nitrogen and oxygen atoms in total. The summed E-state index contributed by atoms with van der Waals surface area (Å²) in [5, 5.41) is 8.58. The molecule has 1 aromatic carbocycles. The lowest BCUT2D eigenvalue weighted by atomic mass is 10.2. The molecule has 106 valence electrons. The second kappa shape index (κ2) is 5.57. The van der Waals surface area contributed by atoms with E-state index in [1.165, 1.54) is 0 Å². The van der Waals surface area contributed by atoms with Gasteiger partial charge in [-0.05, 0) is 12.5 Å². The smallest absolute Gasteiger partial charge is 0.341 e. The Morgan fingerprint density at radius 3 is 2.37 bits per heavy atom. The van der Waals surface area contributed by atoms with Crippen LogP contribution in [0.5, 0.6) is 0 Å². The SMILES string of the molecule is CCCNS(=O)(=O)c1cc(F)c(F)c(C(=O)O)c1F. The lowest BCUT2D eigenvalue weighted by Crippen LogP contribution is -2.26. The summed E-state index contributed by atoms with van der Waals surface area (Å²) in [5.74, 6) is -7.63. The Hall–Kier alpha value is -1.61. The van der Waals surface area contributed by atoms with Gasteiger partial charge >= 0.3 is 5.97 Å². The van der Waals surface area contributed by atoms with Crippen LogP contribution in [0, 0.1) is 17.5 Å². The minimum Gasteiger partial charge on any atom is -0.477 e. The van der Waals surface area contributed by atoms with Crippen molar-refractivity contribution >= 4 is 16.0 Å². The molecule has 1 aromatic rings. The molecule has 0 atom stereocenters. The van der Waals surface area contributed by atoms with Gasteiger partial charge in [0.2, 0.25) is 10.0 Å². The normalized spacial score (nSPS) is 11.6. The molecule has 0 aliphatic carbocycles. The molecule has 0 radical (unpaired) electrons. The standard InChI is InChI=1S/C10H10F3NO4S/c1-2-3-14-19(17,18)6-4-5(11)8(12)7(9(6)13)10(15)16/h4,14H,2-3H2,1H3,(H,15,16). The molecule has 0 saturated heterocycles. The van der Waals surface area contributed by atoms with Crippen LogP contribution in [-0.2, 0) is 10.0 Å². The number of hydrogen-bond donors (Lipinski definition) is 2. The molecule has 0 amide bonds. The number of aromatic carboxylic acids is 1. The number of nitrogens with one attached hydrogen (secondary N) is 1. The molecular weight excluding hydrogens is 287 g/mol. The molecule has 0 spiro atoms. The maximum atomic E-state index is 13.7. The lowest BCUT2D eigenvalue weighted by molar-refractivity contribution is 0.0684. The first kappa shape index (κ1) is 15.4. The number of carbonyl (C=O) groups is 1. The van der Waals surface area contributed by atoms with E-state index in [0.29, 0.717) is 6.42 Å². The van der Waals surface area contributed by atoms with Gasteiger partial charge in [-0.3, -0.25) is 0 Å². The molecule has 2 N–H and O–H groups in total. The van der Waals surface area contributed by atoms with E-state index in [2.05, 4.69) is 0 Å². The van der Waals surface area contributed by atoms with E-state index in [1.54, 1.807) is 6.92 Å². The van der Waals surface area contributed by atoms with Crippen molar-refractivity contribution < 1.29 is 31.5 Å². The van der Waals surface area contributed by atoms with E-state index in [1.807, 2.05) is 4.72 Å². The Bertz CT molecular complexity index is 616. The topological polar surface area (TPSA) is 83.5 Å². The average molecular weight is 297 g/mol. The van der Waals surface area contributed by atoms with Crippen molar-refractivity contribution in [1.29, 1.82) is 0 Å². The van der Waals surface area contributed by atoms with E-state index >= 15 is 0 Å². The van der Waals surface area contributed by atoms with E-state index < -0.39 is 43.9 Å². The number of benzene rings is 1. The lowest BCUT2D eigenvalue weighted by Gasteiger charge is -2.09. The molecule has 0 aliphatic heterocycles. The van der Waals surface area contributed by atoms with Crippen molar-refractivity contribution in [3.05, 3.63) is 29.1 Å². The van der Waals surface area contributed by atoms with E-state index in [0.717, 1.165) is 0 Å². The van der Waals surface area contributed by atoms with Gasteiger partial charge in [0.15, 0.2) is 17.5 Å². The van der Waals surface area contributed by atoms with E-state index in [4.69, 9.17) is 5.11 Å². The van der Waals surface area contributed by atoms with Gasteiger partial charge in [0.1, 0.15) is 10.5 Å². The van der Waals surface area contributed by atoms with Gasteiger partial charge in [-0.1, -0.05) is 6.92 Å². The molecule has 0 aliphatic rings. The van der Waals surface area contributed by atoms with Gasteiger partial charge in [-0.2, -0.15) is 0 Å². The molecule has 0 aromatic heterocycles. The molecule has 0 fully saturated rings. The number of carboxylic acids is 1. The van der Waals surface area contributed by atoms with E-state index in [-0.39, 0.29) is 12.6 Å². The Morgan fingerprint density at radius 1 is 1.32 bits per heavy atom. The predicted molar refractivity (Wildman–Crippen MR) is 58.8 cm³/mol. The molecule has 9 heteroatoms. The highest BCUT2D eigenvalue weighted by molar-refractivity contribution is 7.89. The van der Waals surface area contributed by atoms with Crippen molar-refractivity contribution in [2.75, 3.05) is 6.54 Å². The fourth-order valence-corrected chi connectivity index (χ4v) is 2.50. The summed E-state index contributed by atoms with van der Waals surface area (Å²) in [5.41, 5.74) is -1.64. The molecule has 19 heavy (non-hydrogen) atoms. The highest BCUT2D eigenvalue weighted by Gasteiger charge is 2.29. The highest BCUT2D eigenvalue weighted by atomic mass is 32.2. The van der Waals surface area contributed by atoms with Crippen LogP contribution in [-0.4, -0.2) is 26.0 Å². The number of rotatable bonds is 5. The van der Waals surface area contributed by atoms with Gasteiger partial charge in [-0.15, -0.1) is 0 Å². The number of halogens is 3. The van der Waals surface area contributed by atoms with Crippen molar-refractivity contribution in [1.82, 2.24) is 4.72 Å². The third-order valence-electron chi connectivity index (χ3n) is 2.17. The van der Waals surface area contributed by atoms with Crippen molar-refractivity contribution in [2.45, 2.75) is 18.2 Å². The van der Waals surface area contributed by atoms with Crippen LogP contribution in [0.4, 0.5) is 13.2 Å². The zero-order valence-corrected chi connectivity index (χ0v) is 10.5. The summed E-state index contributed by atoms with van der Waals surface area (Å²) >= 11 is 0. The summed E-state index contributed by atoms with van der Waals surface area (Å²) in [6.07, 6.45) is 0.385. The summed E-state index contributed by atoms with van der Waals surface area (Å²) in [6.45, 7) is 1.58.